The summed E-state index contributed by atoms with van der Waals surface area (Å²) in [6.07, 6.45) is 58.7. The molecule has 3 unspecified atom stereocenters. The Balaban J connectivity index is 5.13. The Bertz CT molecular complexity index is 1970. The molecule has 0 rings (SSSR count). The van der Waals surface area contributed by atoms with E-state index in [-0.39, 0.29) is 25.7 Å². The van der Waals surface area contributed by atoms with Gasteiger partial charge in [-0.1, -0.05) is 370 Å². The number of aliphatic hydroxyl groups is 1. The van der Waals surface area contributed by atoms with Crippen molar-refractivity contribution in [3.8, 4) is 0 Å². The van der Waals surface area contributed by atoms with E-state index in [1.54, 1.807) is 0 Å². The number of carbonyl (C=O) groups is 4. The second-order valence-electron chi connectivity index (χ2n) is 31.2. The van der Waals surface area contributed by atoms with Crippen LogP contribution in [0, 0.1) is 23.7 Å². The second-order valence-corrected chi connectivity index (χ2v) is 34.1. The Hall–Kier alpha value is -1.94. The van der Waals surface area contributed by atoms with E-state index in [4.69, 9.17) is 37.0 Å². The number of esters is 4. The van der Waals surface area contributed by atoms with Gasteiger partial charge in [0.1, 0.15) is 19.3 Å². The van der Waals surface area contributed by atoms with Crippen molar-refractivity contribution in [1.29, 1.82) is 0 Å². The van der Waals surface area contributed by atoms with Gasteiger partial charge in [0.2, 0.25) is 0 Å². The molecular formula is C82H160O17P2. The maximum Gasteiger partial charge on any atom is 0.472 e. The highest BCUT2D eigenvalue weighted by Gasteiger charge is 2.30. The third-order valence-corrected chi connectivity index (χ3v) is 21.3. The molecule has 0 heterocycles. The first kappa shape index (κ1) is 99.1. The van der Waals surface area contributed by atoms with Crippen molar-refractivity contribution in [1.82, 2.24) is 0 Å². The van der Waals surface area contributed by atoms with Crippen LogP contribution in [0.4, 0.5) is 0 Å². The summed E-state index contributed by atoms with van der Waals surface area (Å²) in [5.74, 6) is 0.933. The number of carbonyl (C=O) groups excluding carboxylic acids is 4. The van der Waals surface area contributed by atoms with E-state index in [9.17, 15) is 43.2 Å². The van der Waals surface area contributed by atoms with Crippen molar-refractivity contribution in [2.75, 3.05) is 39.6 Å². The fraction of sp³-hybridized carbons (Fsp3) is 0.951. The average Bonchev–Trinajstić information content (AvgIpc) is 0.978. The highest BCUT2D eigenvalue weighted by Crippen LogP contribution is 2.45. The highest BCUT2D eigenvalue weighted by atomic mass is 31.2. The van der Waals surface area contributed by atoms with Crippen LogP contribution >= 0.6 is 15.6 Å². The van der Waals surface area contributed by atoms with Gasteiger partial charge in [-0.25, -0.2) is 9.13 Å². The molecule has 0 amide bonds. The average molecular weight is 1480 g/mol. The summed E-state index contributed by atoms with van der Waals surface area (Å²) < 4.78 is 68.6. The van der Waals surface area contributed by atoms with Gasteiger partial charge in [-0.15, -0.1) is 0 Å². The monoisotopic (exact) mass is 1480 g/mol. The molecule has 101 heavy (non-hydrogen) atoms. The lowest BCUT2D eigenvalue weighted by Crippen LogP contribution is -2.30. The van der Waals surface area contributed by atoms with Gasteiger partial charge in [0, 0.05) is 25.7 Å². The molecule has 0 radical (unpaired) electrons. The Morgan fingerprint density at radius 3 is 0.703 bits per heavy atom. The summed E-state index contributed by atoms with van der Waals surface area (Å²) in [7, 11) is -9.92. The molecule has 0 saturated heterocycles. The van der Waals surface area contributed by atoms with Gasteiger partial charge in [-0.3, -0.25) is 37.3 Å². The molecule has 0 aromatic carbocycles. The fourth-order valence-corrected chi connectivity index (χ4v) is 14.2. The number of phosphoric ester groups is 2. The summed E-state index contributed by atoms with van der Waals surface area (Å²) in [5.41, 5.74) is 0. The number of aliphatic hydroxyl groups excluding tert-OH is 1. The lowest BCUT2D eigenvalue weighted by molar-refractivity contribution is -0.161. The normalized spacial score (nSPS) is 14.3. The molecule has 0 aliphatic carbocycles. The van der Waals surface area contributed by atoms with Crippen LogP contribution in [0.2, 0.25) is 0 Å². The Kier molecular flexibility index (Phi) is 69.6. The molecule has 0 aliphatic rings. The predicted octanol–water partition coefficient (Wildman–Crippen LogP) is 24.4. The minimum Gasteiger partial charge on any atom is -0.462 e. The zero-order valence-corrected chi connectivity index (χ0v) is 68.3. The summed E-state index contributed by atoms with van der Waals surface area (Å²) in [6, 6.07) is 0. The molecule has 3 N–H and O–H groups in total. The quantitative estimate of drug-likeness (QED) is 0.0222. The van der Waals surface area contributed by atoms with Crippen molar-refractivity contribution in [2.45, 2.75) is 440 Å². The van der Waals surface area contributed by atoms with Gasteiger partial charge in [-0.05, 0) is 49.4 Å². The first-order chi connectivity index (χ1) is 48.6. The van der Waals surface area contributed by atoms with Crippen molar-refractivity contribution >= 4 is 39.5 Å². The number of unbranched alkanes of at least 4 members (excludes halogenated alkanes) is 44. The fourth-order valence-electron chi connectivity index (χ4n) is 12.6. The van der Waals surface area contributed by atoms with Crippen LogP contribution in [0.1, 0.15) is 421 Å². The van der Waals surface area contributed by atoms with E-state index in [0.717, 1.165) is 120 Å². The van der Waals surface area contributed by atoms with E-state index >= 15 is 0 Å². The van der Waals surface area contributed by atoms with Gasteiger partial charge in [-0.2, -0.15) is 0 Å². The molecule has 0 aromatic heterocycles. The second kappa shape index (κ2) is 71.0. The molecule has 0 bridgehead atoms. The van der Waals surface area contributed by atoms with Crippen LogP contribution in [0.5, 0.6) is 0 Å². The summed E-state index contributed by atoms with van der Waals surface area (Å²) in [4.78, 5) is 72.9. The van der Waals surface area contributed by atoms with E-state index in [1.807, 2.05) is 0 Å². The largest absolute Gasteiger partial charge is 0.472 e. The minimum absolute atomic E-state index is 0.107. The van der Waals surface area contributed by atoms with Gasteiger partial charge in [0.05, 0.1) is 26.4 Å². The predicted molar refractivity (Wildman–Crippen MR) is 414 cm³/mol. The maximum absolute atomic E-state index is 13.1. The summed E-state index contributed by atoms with van der Waals surface area (Å²) in [5, 5.41) is 10.6. The number of rotatable bonds is 79. The number of ether oxygens (including phenoxy) is 4. The lowest BCUT2D eigenvalue weighted by Gasteiger charge is -2.21. The van der Waals surface area contributed by atoms with Crippen molar-refractivity contribution in [2.24, 2.45) is 23.7 Å². The highest BCUT2D eigenvalue weighted by molar-refractivity contribution is 7.47. The smallest absolute Gasteiger partial charge is 0.462 e. The molecular weight excluding hydrogens is 1320 g/mol. The molecule has 0 fully saturated rings. The van der Waals surface area contributed by atoms with Crippen LogP contribution in [0.25, 0.3) is 0 Å². The van der Waals surface area contributed by atoms with Gasteiger partial charge in [0.15, 0.2) is 12.2 Å². The van der Waals surface area contributed by atoms with Gasteiger partial charge in [0.25, 0.3) is 0 Å². The van der Waals surface area contributed by atoms with E-state index in [1.165, 1.54) is 212 Å². The van der Waals surface area contributed by atoms with Crippen molar-refractivity contribution < 1.29 is 80.2 Å². The van der Waals surface area contributed by atoms with Crippen LogP contribution in [0.15, 0.2) is 0 Å². The van der Waals surface area contributed by atoms with Gasteiger partial charge < -0.3 is 33.8 Å². The first-order valence-corrected chi connectivity index (χ1v) is 45.2. The van der Waals surface area contributed by atoms with Crippen LogP contribution in [-0.2, 0) is 65.4 Å². The zero-order valence-electron chi connectivity index (χ0n) is 66.5. The molecule has 0 aromatic rings. The third-order valence-electron chi connectivity index (χ3n) is 19.4. The molecule has 6 atom stereocenters. The number of phosphoric acid groups is 2. The third kappa shape index (κ3) is 74.7. The maximum atomic E-state index is 13.1. The van der Waals surface area contributed by atoms with Crippen LogP contribution in [0.3, 0.4) is 0 Å². The van der Waals surface area contributed by atoms with Crippen LogP contribution in [-0.4, -0.2) is 96.7 Å². The number of hydrogen-bond donors (Lipinski definition) is 3. The standard InChI is InChI=1S/C82H160O17P2/c1-9-75(8)61-53-45-39-41-47-55-63-80(85)93-69-78(99-82(87)65-57-49-37-33-29-25-21-17-13-11-15-19-23-27-31-35-43-51-59-73(4)5)71-97-101(90,91)95-67-76(83)66-94-100(88,89)96-70-77(68-92-79(84)62-54-46-40-38-44-52-60-74(6)7)98-81(86)64-56-48-36-32-28-24-20-16-12-10-14-18-22-26-30-34-42-50-58-72(2)3/h72-78,83H,9-71H2,1-8H3,(H,88,89)(H,90,91)/t75?,76-,77-,78-/m1/s1. The molecule has 17 nitrogen and oxygen atoms in total. The lowest BCUT2D eigenvalue weighted by atomic mass is 10.00. The summed E-state index contributed by atoms with van der Waals surface area (Å²) >= 11 is 0. The number of hydrogen-bond acceptors (Lipinski definition) is 15. The zero-order chi connectivity index (χ0) is 74.6. The molecule has 0 saturated carbocycles. The van der Waals surface area contributed by atoms with Crippen molar-refractivity contribution in [3.05, 3.63) is 0 Å². The Labute approximate surface area is 619 Å². The first-order valence-electron chi connectivity index (χ1n) is 42.2. The Morgan fingerprint density at radius 2 is 0.475 bits per heavy atom. The molecule has 0 spiro atoms. The van der Waals surface area contributed by atoms with Crippen LogP contribution < -0.4 is 0 Å². The molecule has 19 heteroatoms. The Morgan fingerprint density at radius 1 is 0.277 bits per heavy atom. The van der Waals surface area contributed by atoms with E-state index in [2.05, 4.69) is 55.4 Å². The van der Waals surface area contributed by atoms with Crippen molar-refractivity contribution in [3.63, 3.8) is 0 Å². The van der Waals surface area contributed by atoms with E-state index in [0.29, 0.717) is 31.6 Å². The SMILES string of the molecule is CCC(C)CCCCCCCCC(=O)OC[C@H](COP(=O)(O)OC[C@H](O)COP(=O)(O)OC[C@@H](COC(=O)CCCCCCCCC(C)C)OC(=O)CCCCCCCCCCCCCCCCCCCCC(C)C)OC(=O)CCCCCCCCCCCCCCCCCCCCC(C)C. The van der Waals surface area contributed by atoms with E-state index < -0.39 is 97.5 Å². The van der Waals surface area contributed by atoms with Gasteiger partial charge >= 0.3 is 39.5 Å². The molecule has 600 valence electrons. The molecule has 0 aliphatic heterocycles. The minimum atomic E-state index is -4.96. The topological polar surface area (TPSA) is 237 Å². The summed E-state index contributed by atoms with van der Waals surface area (Å²) in [6.45, 7) is 14.2.